The van der Waals surface area contributed by atoms with Gasteiger partial charge >= 0.3 is 0 Å². The molecule has 0 aromatic carbocycles. The van der Waals surface area contributed by atoms with Crippen molar-refractivity contribution in [2.75, 3.05) is 33.2 Å². The van der Waals surface area contributed by atoms with Crippen LogP contribution in [0.15, 0.2) is 0 Å². The number of carbonyl (C=O) groups is 2. The van der Waals surface area contributed by atoms with Crippen molar-refractivity contribution in [1.82, 2.24) is 15.1 Å². The van der Waals surface area contributed by atoms with Crippen molar-refractivity contribution < 1.29 is 9.59 Å². The average molecular weight is 239 g/mol. The van der Waals surface area contributed by atoms with Crippen LogP contribution in [-0.4, -0.2) is 60.9 Å². The minimum Gasteiger partial charge on any atom is -0.341 e. The zero-order valence-electron chi connectivity index (χ0n) is 10.4. The largest absolute Gasteiger partial charge is 0.341 e. The molecule has 2 aliphatic heterocycles. The van der Waals surface area contributed by atoms with Crippen molar-refractivity contribution >= 4 is 11.8 Å². The summed E-state index contributed by atoms with van der Waals surface area (Å²) in [6.07, 6.45) is 4.12. The van der Waals surface area contributed by atoms with Crippen LogP contribution in [0.2, 0.25) is 0 Å². The van der Waals surface area contributed by atoms with E-state index in [1.165, 1.54) is 0 Å². The Morgan fingerprint density at radius 1 is 1.29 bits per heavy atom. The number of hydrogen-bond donors (Lipinski definition) is 1. The Hall–Kier alpha value is -1.10. The molecule has 0 spiro atoms. The Morgan fingerprint density at radius 2 is 2.00 bits per heavy atom. The van der Waals surface area contributed by atoms with Gasteiger partial charge in [-0.15, -0.1) is 0 Å². The van der Waals surface area contributed by atoms with Crippen LogP contribution >= 0.6 is 0 Å². The SMILES string of the molecule is CN(CC(=O)N1CCCC1)C(=O)[C@H]1CCCN1. The van der Waals surface area contributed by atoms with Crippen molar-refractivity contribution in [2.24, 2.45) is 0 Å². The first-order valence-corrected chi connectivity index (χ1v) is 6.44. The van der Waals surface area contributed by atoms with Crippen LogP contribution in [0.3, 0.4) is 0 Å². The summed E-state index contributed by atoms with van der Waals surface area (Å²) >= 11 is 0. The topological polar surface area (TPSA) is 52.7 Å². The summed E-state index contributed by atoms with van der Waals surface area (Å²) in [7, 11) is 1.72. The average Bonchev–Trinajstić information content (AvgIpc) is 3.00. The van der Waals surface area contributed by atoms with Gasteiger partial charge in [0.05, 0.1) is 12.6 Å². The number of amides is 2. The summed E-state index contributed by atoms with van der Waals surface area (Å²) in [4.78, 5) is 27.3. The van der Waals surface area contributed by atoms with Crippen LogP contribution in [0.4, 0.5) is 0 Å². The molecule has 96 valence electrons. The highest BCUT2D eigenvalue weighted by Gasteiger charge is 2.27. The number of carbonyl (C=O) groups excluding carboxylic acids is 2. The molecular weight excluding hydrogens is 218 g/mol. The number of nitrogens with zero attached hydrogens (tertiary/aromatic N) is 2. The Balaban J connectivity index is 1.80. The number of nitrogens with one attached hydrogen (secondary N) is 1. The highest BCUT2D eigenvalue weighted by molar-refractivity contribution is 5.87. The van der Waals surface area contributed by atoms with Crippen molar-refractivity contribution in [2.45, 2.75) is 31.7 Å². The highest BCUT2D eigenvalue weighted by Crippen LogP contribution is 2.10. The predicted molar refractivity (Wildman–Crippen MR) is 64.5 cm³/mol. The molecule has 2 aliphatic rings. The third-order valence-corrected chi connectivity index (χ3v) is 3.57. The first-order valence-electron chi connectivity index (χ1n) is 6.44. The molecule has 2 amide bonds. The molecule has 17 heavy (non-hydrogen) atoms. The fourth-order valence-corrected chi connectivity index (χ4v) is 2.51. The second-order valence-electron chi connectivity index (χ2n) is 4.93. The van der Waals surface area contributed by atoms with Gasteiger partial charge in [0, 0.05) is 20.1 Å². The third-order valence-electron chi connectivity index (χ3n) is 3.57. The van der Waals surface area contributed by atoms with E-state index in [0.29, 0.717) is 0 Å². The summed E-state index contributed by atoms with van der Waals surface area (Å²) in [5, 5.41) is 3.16. The fraction of sp³-hybridized carbons (Fsp3) is 0.833. The summed E-state index contributed by atoms with van der Waals surface area (Å²) in [6, 6.07) is -0.0774. The molecule has 0 aromatic heterocycles. The van der Waals surface area contributed by atoms with Gasteiger partial charge in [-0.25, -0.2) is 0 Å². The molecule has 0 aliphatic carbocycles. The smallest absolute Gasteiger partial charge is 0.242 e. The molecule has 2 rings (SSSR count). The summed E-state index contributed by atoms with van der Waals surface area (Å²) in [5.74, 6) is 0.131. The molecule has 0 bridgehead atoms. The maximum atomic E-state index is 12.0. The van der Waals surface area contributed by atoms with Crippen molar-refractivity contribution in [3.8, 4) is 0 Å². The highest BCUT2D eigenvalue weighted by atomic mass is 16.2. The Bertz CT molecular complexity index is 294. The second-order valence-corrected chi connectivity index (χ2v) is 4.93. The zero-order valence-corrected chi connectivity index (χ0v) is 10.4. The van der Waals surface area contributed by atoms with Gasteiger partial charge < -0.3 is 15.1 Å². The Labute approximate surface area is 102 Å². The van der Waals surface area contributed by atoms with Gasteiger partial charge in [-0.3, -0.25) is 9.59 Å². The monoisotopic (exact) mass is 239 g/mol. The summed E-state index contributed by atoms with van der Waals surface area (Å²) in [5.41, 5.74) is 0. The molecule has 2 saturated heterocycles. The van der Waals surface area contributed by atoms with Crippen LogP contribution < -0.4 is 5.32 Å². The van der Waals surface area contributed by atoms with Gasteiger partial charge in [-0.1, -0.05) is 0 Å². The molecule has 0 radical (unpaired) electrons. The van der Waals surface area contributed by atoms with Gasteiger partial charge in [0.25, 0.3) is 0 Å². The predicted octanol–water partition coefficient (Wildman–Crippen LogP) is -0.181. The lowest BCUT2D eigenvalue weighted by atomic mass is 10.2. The second kappa shape index (κ2) is 5.49. The Kier molecular flexibility index (Phi) is 3.99. The molecule has 2 heterocycles. The van der Waals surface area contributed by atoms with Crippen LogP contribution in [0.25, 0.3) is 0 Å². The Morgan fingerprint density at radius 3 is 2.59 bits per heavy atom. The molecule has 0 aromatic rings. The van der Waals surface area contributed by atoms with Crippen LogP contribution in [-0.2, 0) is 9.59 Å². The van der Waals surface area contributed by atoms with Gasteiger partial charge in [-0.05, 0) is 32.2 Å². The molecule has 1 atom stereocenters. The lowest BCUT2D eigenvalue weighted by Crippen LogP contribution is -2.46. The molecular formula is C12H21N3O2. The molecule has 0 unspecified atom stereocenters. The lowest BCUT2D eigenvalue weighted by molar-refractivity contribution is -0.139. The molecule has 1 N–H and O–H groups in total. The number of likely N-dealkylation sites (tertiary alicyclic amines) is 1. The number of likely N-dealkylation sites (N-methyl/N-ethyl adjacent to an activating group) is 1. The molecule has 0 saturated carbocycles. The molecule has 2 fully saturated rings. The van der Waals surface area contributed by atoms with E-state index in [-0.39, 0.29) is 24.4 Å². The van der Waals surface area contributed by atoms with Crippen LogP contribution in [0, 0.1) is 0 Å². The summed E-state index contributed by atoms with van der Waals surface area (Å²) < 4.78 is 0. The lowest BCUT2D eigenvalue weighted by Gasteiger charge is -2.23. The first kappa shape index (κ1) is 12.4. The van der Waals surface area contributed by atoms with Crippen LogP contribution in [0.1, 0.15) is 25.7 Å². The maximum absolute atomic E-state index is 12.0. The summed E-state index contributed by atoms with van der Waals surface area (Å²) in [6.45, 7) is 2.83. The van der Waals surface area contributed by atoms with Crippen molar-refractivity contribution in [3.05, 3.63) is 0 Å². The van der Waals surface area contributed by atoms with E-state index in [1.807, 2.05) is 4.90 Å². The van der Waals surface area contributed by atoms with E-state index < -0.39 is 0 Å². The van der Waals surface area contributed by atoms with Gasteiger partial charge in [0.1, 0.15) is 0 Å². The normalized spacial score (nSPS) is 24.1. The van der Waals surface area contributed by atoms with Crippen molar-refractivity contribution in [3.63, 3.8) is 0 Å². The van der Waals surface area contributed by atoms with E-state index in [0.717, 1.165) is 45.3 Å². The van der Waals surface area contributed by atoms with Crippen LogP contribution in [0.5, 0.6) is 0 Å². The molecule has 5 heteroatoms. The maximum Gasteiger partial charge on any atom is 0.242 e. The minimum absolute atomic E-state index is 0.0510. The van der Waals surface area contributed by atoms with Gasteiger partial charge in [0.2, 0.25) is 11.8 Å². The van der Waals surface area contributed by atoms with Gasteiger partial charge in [0.15, 0.2) is 0 Å². The third kappa shape index (κ3) is 2.97. The molecule has 5 nitrogen and oxygen atoms in total. The van der Waals surface area contributed by atoms with Gasteiger partial charge in [-0.2, -0.15) is 0 Å². The minimum atomic E-state index is -0.0774. The first-order chi connectivity index (χ1) is 8.18. The standard InChI is InChI=1S/C12H21N3O2/c1-14(12(17)10-5-4-6-13-10)9-11(16)15-7-2-3-8-15/h10,13H,2-9H2,1H3/t10-/m1/s1. The zero-order chi connectivity index (χ0) is 12.3. The quantitative estimate of drug-likeness (QED) is 0.743. The van der Waals surface area contributed by atoms with E-state index in [2.05, 4.69) is 5.32 Å². The number of hydrogen-bond acceptors (Lipinski definition) is 3. The van der Waals surface area contributed by atoms with E-state index in [4.69, 9.17) is 0 Å². The van der Waals surface area contributed by atoms with E-state index in [9.17, 15) is 9.59 Å². The fourth-order valence-electron chi connectivity index (χ4n) is 2.51. The van der Waals surface area contributed by atoms with E-state index in [1.54, 1.807) is 11.9 Å². The number of rotatable bonds is 3. The van der Waals surface area contributed by atoms with E-state index >= 15 is 0 Å². The van der Waals surface area contributed by atoms with Crippen molar-refractivity contribution in [1.29, 1.82) is 0 Å².